The molecule has 0 aliphatic carbocycles. The summed E-state index contributed by atoms with van der Waals surface area (Å²) in [5.74, 6) is -2.02. The number of nitrogens with one attached hydrogen (secondary N) is 1. The van der Waals surface area contributed by atoms with E-state index in [4.69, 9.17) is 16.3 Å². The molecule has 8 nitrogen and oxygen atoms in total. The Morgan fingerprint density at radius 2 is 2.06 bits per heavy atom. The van der Waals surface area contributed by atoms with E-state index < -0.39 is 28.8 Å². The molecular formula is C21H21ClFN3O5. The number of aromatic nitrogens is 2. The number of aromatic carboxylic acids is 1. The zero-order valence-corrected chi connectivity index (χ0v) is 17.8. The first-order valence-corrected chi connectivity index (χ1v) is 9.75. The van der Waals surface area contributed by atoms with Crippen molar-refractivity contribution in [3.8, 4) is 5.88 Å². The van der Waals surface area contributed by atoms with Crippen molar-refractivity contribution in [2.24, 2.45) is 5.92 Å². The maximum atomic E-state index is 13.8. The van der Waals surface area contributed by atoms with Crippen LogP contribution in [0.25, 0.3) is 11.0 Å². The van der Waals surface area contributed by atoms with Crippen LogP contribution in [0.4, 0.5) is 15.8 Å². The summed E-state index contributed by atoms with van der Waals surface area (Å²) < 4.78 is 20.6. The van der Waals surface area contributed by atoms with Gasteiger partial charge in [-0.3, -0.25) is 4.79 Å². The van der Waals surface area contributed by atoms with Gasteiger partial charge < -0.3 is 24.8 Å². The fraction of sp³-hybridized carbons (Fsp3) is 0.286. The van der Waals surface area contributed by atoms with E-state index in [0.29, 0.717) is 5.69 Å². The highest BCUT2D eigenvalue weighted by Gasteiger charge is 2.23. The number of methoxy groups -OCH3 is 1. The topological polar surface area (TPSA) is 114 Å². The standard InChI is InChI=1S/C21H21ClFN3O5/c1-10(2)17(9-27)26-8-13(21(29)30)18(28)12-7-16(20(31-3)25-19(12)26)24-11-4-5-14(22)15(23)6-11/h4-8,10,17,24,27H,9H2,1-3H3,(H,29,30). The summed E-state index contributed by atoms with van der Waals surface area (Å²) >= 11 is 5.71. The maximum Gasteiger partial charge on any atom is 0.341 e. The average molecular weight is 450 g/mol. The van der Waals surface area contributed by atoms with Crippen molar-refractivity contribution in [1.29, 1.82) is 0 Å². The molecule has 10 heteroatoms. The Bertz CT molecular complexity index is 1210. The van der Waals surface area contributed by atoms with E-state index in [1.807, 2.05) is 13.8 Å². The van der Waals surface area contributed by atoms with Gasteiger partial charge in [0.25, 0.3) is 0 Å². The molecule has 3 rings (SSSR count). The second-order valence-corrected chi connectivity index (χ2v) is 7.66. The van der Waals surface area contributed by atoms with Gasteiger partial charge in [-0.05, 0) is 30.2 Å². The van der Waals surface area contributed by atoms with Gasteiger partial charge >= 0.3 is 5.97 Å². The van der Waals surface area contributed by atoms with Crippen LogP contribution in [0.15, 0.2) is 35.3 Å². The van der Waals surface area contributed by atoms with E-state index in [2.05, 4.69) is 10.3 Å². The lowest BCUT2D eigenvalue weighted by atomic mass is 10.0. The van der Waals surface area contributed by atoms with Gasteiger partial charge in [0, 0.05) is 11.9 Å². The van der Waals surface area contributed by atoms with Crippen LogP contribution in [0.3, 0.4) is 0 Å². The molecule has 0 spiro atoms. The third-order valence-corrected chi connectivity index (χ3v) is 5.21. The molecule has 0 aliphatic heterocycles. The van der Waals surface area contributed by atoms with Crippen LogP contribution in [-0.2, 0) is 0 Å². The molecule has 0 aliphatic rings. The Labute approximate surface area is 181 Å². The van der Waals surface area contributed by atoms with Crippen LogP contribution in [-0.4, -0.2) is 39.5 Å². The van der Waals surface area contributed by atoms with Crippen LogP contribution >= 0.6 is 11.6 Å². The number of aliphatic hydroxyl groups excluding tert-OH is 1. The predicted molar refractivity (Wildman–Crippen MR) is 115 cm³/mol. The van der Waals surface area contributed by atoms with Gasteiger partial charge in [-0.1, -0.05) is 25.4 Å². The number of carboxylic acid groups (broad SMARTS) is 1. The fourth-order valence-electron chi connectivity index (χ4n) is 3.25. The first-order valence-electron chi connectivity index (χ1n) is 9.38. The lowest BCUT2D eigenvalue weighted by Crippen LogP contribution is -2.26. The van der Waals surface area contributed by atoms with Crippen LogP contribution < -0.4 is 15.5 Å². The van der Waals surface area contributed by atoms with Gasteiger partial charge in [-0.15, -0.1) is 0 Å². The number of benzene rings is 1. The Balaban J connectivity index is 2.29. The summed E-state index contributed by atoms with van der Waals surface area (Å²) in [5.41, 5.74) is -0.478. The predicted octanol–water partition coefficient (Wildman–Crippen LogP) is 3.83. The molecule has 1 aromatic carbocycles. The number of pyridine rings is 2. The quantitative estimate of drug-likeness (QED) is 0.502. The molecule has 0 saturated heterocycles. The van der Waals surface area contributed by atoms with Gasteiger partial charge in [-0.25, -0.2) is 9.18 Å². The number of carbonyl (C=O) groups is 1. The molecule has 3 aromatic rings. The van der Waals surface area contributed by atoms with Crippen molar-refractivity contribution < 1.29 is 24.1 Å². The normalized spacial score (nSPS) is 12.2. The second kappa shape index (κ2) is 8.91. The highest BCUT2D eigenvalue weighted by atomic mass is 35.5. The molecule has 0 fully saturated rings. The summed E-state index contributed by atoms with van der Waals surface area (Å²) in [5, 5.41) is 22.3. The maximum absolute atomic E-state index is 13.8. The molecule has 0 bridgehead atoms. The number of aliphatic hydroxyl groups is 1. The molecule has 0 amide bonds. The number of fused-ring (bicyclic) bond motifs is 1. The van der Waals surface area contributed by atoms with Gasteiger partial charge in [0.05, 0.1) is 30.2 Å². The summed E-state index contributed by atoms with van der Waals surface area (Å²) in [7, 11) is 1.38. The summed E-state index contributed by atoms with van der Waals surface area (Å²) in [4.78, 5) is 28.9. The molecule has 3 N–H and O–H groups in total. The van der Waals surface area contributed by atoms with Crippen molar-refractivity contribution in [3.63, 3.8) is 0 Å². The van der Waals surface area contributed by atoms with Crippen molar-refractivity contribution in [2.75, 3.05) is 19.0 Å². The molecule has 1 atom stereocenters. The summed E-state index contributed by atoms with van der Waals surface area (Å²) in [6.07, 6.45) is 1.18. The van der Waals surface area contributed by atoms with E-state index in [0.717, 1.165) is 0 Å². The first-order chi connectivity index (χ1) is 14.7. The smallest absolute Gasteiger partial charge is 0.341 e. The molecule has 2 heterocycles. The molecule has 0 radical (unpaired) electrons. The second-order valence-electron chi connectivity index (χ2n) is 7.25. The molecule has 0 saturated carbocycles. The summed E-state index contributed by atoms with van der Waals surface area (Å²) in [6, 6.07) is 4.93. The minimum Gasteiger partial charge on any atom is -0.479 e. The monoisotopic (exact) mass is 449 g/mol. The van der Waals surface area contributed by atoms with Crippen LogP contribution in [0.2, 0.25) is 5.02 Å². The Hall–Kier alpha value is -3.17. The van der Waals surface area contributed by atoms with Gasteiger partial charge in [0.2, 0.25) is 11.3 Å². The summed E-state index contributed by atoms with van der Waals surface area (Å²) in [6.45, 7) is 3.42. The zero-order chi connectivity index (χ0) is 22.9. The molecule has 2 aromatic heterocycles. The van der Waals surface area contributed by atoms with E-state index >= 15 is 0 Å². The first kappa shape index (κ1) is 22.5. The number of hydrogen-bond donors (Lipinski definition) is 3. The van der Waals surface area contributed by atoms with Gasteiger partial charge in [-0.2, -0.15) is 4.98 Å². The Morgan fingerprint density at radius 3 is 2.61 bits per heavy atom. The fourth-order valence-corrected chi connectivity index (χ4v) is 3.37. The molecular weight excluding hydrogens is 429 g/mol. The number of ether oxygens (including phenoxy) is 1. The Kier molecular flexibility index (Phi) is 6.47. The average Bonchev–Trinajstić information content (AvgIpc) is 2.72. The zero-order valence-electron chi connectivity index (χ0n) is 17.0. The van der Waals surface area contributed by atoms with Crippen molar-refractivity contribution in [3.05, 3.63) is 57.1 Å². The highest BCUT2D eigenvalue weighted by Crippen LogP contribution is 2.31. The minimum absolute atomic E-state index is 0.0109. The molecule has 1 unspecified atom stereocenters. The third-order valence-electron chi connectivity index (χ3n) is 4.91. The van der Waals surface area contributed by atoms with Gasteiger partial charge in [0.1, 0.15) is 22.7 Å². The number of hydrogen-bond acceptors (Lipinski definition) is 6. The minimum atomic E-state index is -1.40. The Morgan fingerprint density at radius 1 is 1.35 bits per heavy atom. The van der Waals surface area contributed by atoms with Crippen molar-refractivity contribution in [2.45, 2.75) is 19.9 Å². The number of nitrogens with zero attached hydrogens (tertiary/aromatic N) is 2. The van der Waals surface area contributed by atoms with Crippen molar-refractivity contribution in [1.82, 2.24) is 9.55 Å². The number of anilines is 2. The van der Waals surface area contributed by atoms with Crippen LogP contribution in [0, 0.1) is 11.7 Å². The third kappa shape index (κ3) is 4.33. The lowest BCUT2D eigenvalue weighted by molar-refractivity contribution is 0.0694. The highest BCUT2D eigenvalue weighted by molar-refractivity contribution is 6.30. The number of rotatable bonds is 7. The van der Waals surface area contributed by atoms with Crippen LogP contribution in [0.5, 0.6) is 5.88 Å². The van der Waals surface area contributed by atoms with E-state index in [9.17, 15) is 24.2 Å². The SMILES string of the molecule is COc1nc2c(cc1Nc1ccc(Cl)c(F)c1)c(=O)c(C(=O)O)cn2C(CO)C(C)C. The lowest BCUT2D eigenvalue weighted by Gasteiger charge is -2.24. The number of halogens is 2. The largest absolute Gasteiger partial charge is 0.479 e. The van der Waals surface area contributed by atoms with Crippen molar-refractivity contribution >= 4 is 40.0 Å². The molecule has 164 valence electrons. The molecule has 31 heavy (non-hydrogen) atoms. The van der Waals surface area contributed by atoms with Crippen LogP contribution in [0.1, 0.15) is 30.2 Å². The van der Waals surface area contributed by atoms with E-state index in [1.54, 1.807) is 0 Å². The van der Waals surface area contributed by atoms with Gasteiger partial charge in [0.15, 0.2) is 0 Å². The van der Waals surface area contributed by atoms with E-state index in [1.165, 1.54) is 42.1 Å². The number of carboxylic acids is 1. The van der Waals surface area contributed by atoms with E-state index in [-0.39, 0.29) is 40.1 Å².